The van der Waals surface area contributed by atoms with Crippen molar-refractivity contribution in [3.63, 3.8) is 0 Å². The molecule has 0 saturated heterocycles. The van der Waals surface area contributed by atoms with E-state index in [0.717, 1.165) is 5.56 Å². The van der Waals surface area contributed by atoms with Crippen LogP contribution in [0, 0.1) is 0 Å². The van der Waals surface area contributed by atoms with Crippen LogP contribution in [0.5, 0.6) is 0 Å². The Bertz CT molecular complexity index is 385. The summed E-state index contributed by atoms with van der Waals surface area (Å²) in [6, 6.07) is 3.67. The van der Waals surface area contributed by atoms with Crippen molar-refractivity contribution in [3.05, 3.63) is 29.6 Å². The quantitative estimate of drug-likeness (QED) is 0.809. The van der Waals surface area contributed by atoms with Gasteiger partial charge in [-0.3, -0.25) is 9.78 Å². The van der Waals surface area contributed by atoms with Gasteiger partial charge in [0.25, 0.3) is 0 Å². The first-order chi connectivity index (χ1) is 7.20. The Morgan fingerprint density at radius 1 is 1.67 bits per heavy atom. The van der Waals surface area contributed by atoms with Crippen LogP contribution in [-0.4, -0.2) is 23.2 Å². The van der Waals surface area contributed by atoms with Crippen molar-refractivity contribution in [2.24, 2.45) is 0 Å². The lowest BCUT2D eigenvalue weighted by atomic mass is 9.97. The van der Waals surface area contributed by atoms with E-state index in [1.807, 2.05) is 6.07 Å². The summed E-state index contributed by atoms with van der Waals surface area (Å²) < 4.78 is 5.04. The molecule has 15 heavy (non-hydrogen) atoms. The number of carboxylic acid groups (broad SMARTS) is 1. The second-order valence-corrected chi connectivity index (χ2v) is 3.83. The number of aliphatic carboxylic acids is 1. The number of carbonyl (C=O) groups is 1. The Balaban J connectivity index is 2.39. The van der Waals surface area contributed by atoms with Gasteiger partial charge in [0.05, 0.1) is 12.3 Å². The van der Waals surface area contributed by atoms with Crippen LogP contribution in [-0.2, 0) is 21.6 Å². The zero-order valence-electron chi connectivity index (χ0n) is 8.56. The van der Waals surface area contributed by atoms with E-state index < -0.39 is 11.4 Å². The Labute approximate surface area is 87.9 Å². The molecule has 1 aromatic rings. The van der Waals surface area contributed by atoms with Crippen LogP contribution >= 0.6 is 0 Å². The third-order valence-corrected chi connectivity index (χ3v) is 2.80. The maximum atomic E-state index is 11.2. The Morgan fingerprint density at radius 2 is 2.40 bits per heavy atom. The number of carboxylic acids is 1. The van der Waals surface area contributed by atoms with Gasteiger partial charge in [0.1, 0.15) is 5.41 Å². The number of ether oxygens (including phenoxy) is 1. The van der Waals surface area contributed by atoms with Crippen molar-refractivity contribution in [1.82, 2.24) is 4.98 Å². The number of pyridine rings is 1. The van der Waals surface area contributed by atoms with Crippen molar-refractivity contribution < 1.29 is 14.6 Å². The van der Waals surface area contributed by atoms with Gasteiger partial charge in [-0.05, 0) is 18.9 Å². The van der Waals surface area contributed by atoms with Crippen molar-refractivity contribution in [2.45, 2.75) is 24.9 Å². The molecule has 0 atom stereocenters. The summed E-state index contributed by atoms with van der Waals surface area (Å²) in [7, 11) is 1.59. The molecule has 80 valence electrons. The number of aromatic nitrogens is 1. The number of hydrogen-bond acceptors (Lipinski definition) is 3. The number of nitrogens with zero attached hydrogens (tertiary/aromatic N) is 1. The molecule has 1 N–H and O–H groups in total. The molecule has 0 aliphatic heterocycles. The molecule has 1 aliphatic rings. The second-order valence-electron chi connectivity index (χ2n) is 3.83. The van der Waals surface area contributed by atoms with E-state index in [0.29, 0.717) is 25.1 Å². The molecule has 0 aromatic carbocycles. The molecule has 0 amide bonds. The van der Waals surface area contributed by atoms with Crippen LogP contribution in [0.2, 0.25) is 0 Å². The fourth-order valence-electron chi connectivity index (χ4n) is 1.82. The fraction of sp³-hybridized carbons (Fsp3) is 0.455. The van der Waals surface area contributed by atoms with Crippen molar-refractivity contribution in [2.75, 3.05) is 7.11 Å². The van der Waals surface area contributed by atoms with E-state index in [2.05, 4.69) is 4.98 Å². The minimum Gasteiger partial charge on any atom is -0.481 e. The first kappa shape index (κ1) is 10.1. The van der Waals surface area contributed by atoms with Crippen LogP contribution in [0.1, 0.15) is 24.1 Å². The average Bonchev–Trinajstić information content (AvgIpc) is 3.00. The van der Waals surface area contributed by atoms with Gasteiger partial charge in [0.2, 0.25) is 0 Å². The van der Waals surface area contributed by atoms with E-state index in [1.165, 1.54) is 0 Å². The number of methoxy groups -OCH3 is 1. The average molecular weight is 207 g/mol. The Hall–Kier alpha value is -1.42. The maximum absolute atomic E-state index is 11.2. The highest BCUT2D eigenvalue weighted by Gasteiger charge is 2.54. The van der Waals surface area contributed by atoms with Gasteiger partial charge in [-0.25, -0.2) is 0 Å². The van der Waals surface area contributed by atoms with Crippen molar-refractivity contribution in [3.8, 4) is 0 Å². The topological polar surface area (TPSA) is 59.4 Å². The minimum atomic E-state index is -0.779. The molecule has 4 heteroatoms. The van der Waals surface area contributed by atoms with Crippen molar-refractivity contribution >= 4 is 5.97 Å². The lowest BCUT2D eigenvalue weighted by Gasteiger charge is -2.13. The largest absolute Gasteiger partial charge is 0.481 e. The summed E-state index contributed by atoms with van der Waals surface area (Å²) in [5.41, 5.74) is 0.800. The monoisotopic (exact) mass is 207 g/mol. The van der Waals surface area contributed by atoms with Gasteiger partial charge in [-0.1, -0.05) is 6.07 Å². The molecular weight excluding hydrogens is 194 g/mol. The van der Waals surface area contributed by atoms with Gasteiger partial charge in [-0.15, -0.1) is 0 Å². The van der Waals surface area contributed by atoms with E-state index in [4.69, 9.17) is 9.84 Å². The summed E-state index contributed by atoms with van der Waals surface area (Å²) in [6.07, 6.45) is 2.99. The van der Waals surface area contributed by atoms with E-state index in [1.54, 1.807) is 19.4 Å². The molecule has 1 heterocycles. The van der Waals surface area contributed by atoms with Gasteiger partial charge < -0.3 is 9.84 Å². The van der Waals surface area contributed by atoms with Gasteiger partial charge in [0, 0.05) is 18.9 Å². The molecule has 0 spiro atoms. The third kappa shape index (κ3) is 1.61. The lowest BCUT2D eigenvalue weighted by Crippen LogP contribution is -2.22. The smallest absolute Gasteiger partial charge is 0.315 e. The van der Waals surface area contributed by atoms with Crippen LogP contribution in [0.4, 0.5) is 0 Å². The van der Waals surface area contributed by atoms with Gasteiger partial charge >= 0.3 is 5.97 Å². The van der Waals surface area contributed by atoms with Crippen LogP contribution in [0.25, 0.3) is 0 Å². The van der Waals surface area contributed by atoms with E-state index in [-0.39, 0.29) is 0 Å². The molecular formula is C11H13NO3. The molecule has 1 aliphatic carbocycles. The van der Waals surface area contributed by atoms with Crippen LogP contribution in [0.15, 0.2) is 18.3 Å². The highest BCUT2D eigenvalue weighted by atomic mass is 16.5. The molecule has 0 bridgehead atoms. The zero-order chi connectivity index (χ0) is 10.9. The van der Waals surface area contributed by atoms with E-state index >= 15 is 0 Å². The molecule has 1 saturated carbocycles. The minimum absolute atomic E-state index is 0.415. The van der Waals surface area contributed by atoms with E-state index in [9.17, 15) is 4.79 Å². The summed E-state index contributed by atoms with van der Waals surface area (Å²) in [6.45, 7) is 0.415. The van der Waals surface area contributed by atoms with Crippen molar-refractivity contribution in [1.29, 1.82) is 0 Å². The molecule has 2 rings (SSSR count). The summed E-state index contributed by atoms with van der Waals surface area (Å²) in [5, 5.41) is 9.17. The normalized spacial score (nSPS) is 17.4. The summed E-state index contributed by atoms with van der Waals surface area (Å²) >= 11 is 0. The fourth-order valence-corrected chi connectivity index (χ4v) is 1.82. The van der Waals surface area contributed by atoms with Gasteiger partial charge in [-0.2, -0.15) is 0 Å². The lowest BCUT2D eigenvalue weighted by molar-refractivity contribution is -0.140. The molecule has 0 radical (unpaired) electrons. The molecule has 1 aromatic heterocycles. The number of hydrogen-bond donors (Lipinski definition) is 1. The zero-order valence-corrected chi connectivity index (χ0v) is 8.56. The SMILES string of the molecule is COCc1cccnc1C1(C(=O)O)CC1. The standard InChI is InChI=1S/C11H13NO3/c1-15-7-8-3-2-6-12-9(8)11(4-5-11)10(13)14/h2-3,6H,4-5,7H2,1H3,(H,13,14). The predicted molar refractivity (Wildman–Crippen MR) is 53.5 cm³/mol. The molecule has 4 nitrogen and oxygen atoms in total. The van der Waals surface area contributed by atoms with Gasteiger partial charge in [0.15, 0.2) is 0 Å². The maximum Gasteiger partial charge on any atom is 0.315 e. The first-order valence-electron chi connectivity index (χ1n) is 4.87. The Morgan fingerprint density at radius 3 is 2.93 bits per heavy atom. The van der Waals surface area contributed by atoms with Crippen LogP contribution < -0.4 is 0 Å². The first-order valence-corrected chi connectivity index (χ1v) is 4.87. The second kappa shape index (κ2) is 3.62. The predicted octanol–water partition coefficient (Wildman–Crippen LogP) is 1.34. The number of rotatable bonds is 4. The highest BCUT2D eigenvalue weighted by molar-refractivity contribution is 5.84. The molecule has 0 unspecified atom stereocenters. The summed E-state index contributed by atoms with van der Waals surface area (Å²) in [4.78, 5) is 15.4. The third-order valence-electron chi connectivity index (χ3n) is 2.80. The highest BCUT2D eigenvalue weighted by Crippen LogP contribution is 2.48. The van der Waals surface area contributed by atoms with Crippen LogP contribution in [0.3, 0.4) is 0 Å². The molecule has 1 fully saturated rings. The summed E-state index contributed by atoms with van der Waals surface area (Å²) in [5.74, 6) is -0.779. The Kier molecular flexibility index (Phi) is 2.44.